The lowest BCUT2D eigenvalue weighted by molar-refractivity contribution is -0.134. The van der Waals surface area contributed by atoms with Crippen LogP contribution in [-0.2, 0) is 22.6 Å². The number of amides is 1. The number of pyridine rings is 1. The van der Waals surface area contributed by atoms with Crippen LogP contribution in [0.2, 0.25) is 0 Å². The number of carbonyl (C=O) groups excluding carboxylic acids is 1. The SMILES string of the molecule is O=C(Cn1cnc2ccccc21)N(Cc1ccncc1)C[C@H]1CCCO1. The van der Waals surface area contributed by atoms with Gasteiger partial charge in [0, 0.05) is 32.1 Å². The smallest absolute Gasteiger partial charge is 0.242 e. The molecule has 1 amide bonds. The Morgan fingerprint density at radius 1 is 1.23 bits per heavy atom. The van der Waals surface area contributed by atoms with E-state index in [-0.39, 0.29) is 18.6 Å². The van der Waals surface area contributed by atoms with Crippen molar-refractivity contribution in [3.8, 4) is 0 Å². The lowest BCUT2D eigenvalue weighted by Crippen LogP contribution is -2.38. The Morgan fingerprint density at radius 3 is 2.88 bits per heavy atom. The van der Waals surface area contributed by atoms with E-state index in [4.69, 9.17) is 4.74 Å². The fourth-order valence-corrected chi connectivity index (χ4v) is 3.38. The second-order valence-corrected chi connectivity index (χ2v) is 6.63. The summed E-state index contributed by atoms with van der Waals surface area (Å²) in [6, 6.07) is 11.8. The molecule has 26 heavy (non-hydrogen) atoms. The summed E-state index contributed by atoms with van der Waals surface area (Å²) >= 11 is 0. The first-order valence-corrected chi connectivity index (χ1v) is 8.98. The van der Waals surface area contributed by atoms with Gasteiger partial charge in [-0.05, 0) is 42.7 Å². The molecule has 6 heteroatoms. The molecule has 2 aromatic heterocycles. The van der Waals surface area contributed by atoms with Crippen molar-refractivity contribution < 1.29 is 9.53 Å². The van der Waals surface area contributed by atoms with Crippen LogP contribution in [0.25, 0.3) is 11.0 Å². The van der Waals surface area contributed by atoms with Gasteiger partial charge in [0.25, 0.3) is 0 Å². The molecule has 6 nitrogen and oxygen atoms in total. The second-order valence-electron chi connectivity index (χ2n) is 6.63. The molecule has 1 aliphatic heterocycles. The highest BCUT2D eigenvalue weighted by Gasteiger charge is 2.23. The molecule has 0 radical (unpaired) electrons. The van der Waals surface area contributed by atoms with Gasteiger partial charge in [0.15, 0.2) is 0 Å². The molecule has 1 aromatic carbocycles. The van der Waals surface area contributed by atoms with E-state index in [0.29, 0.717) is 13.1 Å². The van der Waals surface area contributed by atoms with Gasteiger partial charge in [0.1, 0.15) is 6.54 Å². The second kappa shape index (κ2) is 7.66. The van der Waals surface area contributed by atoms with Crippen LogP contribution in [0, 0.1) is 0 Å². The summed E-state index contributed by atoms with van der Waals surface area (Å²) in [5.74, 6) is 0.0699. The normalized spacial score (nSPS) is 16.8. The predicted octanol–water partition coefficient (Wildman–Crippen LogP) is 2.64. The van der Waals surface area contributed by atoms with Crippen molar-refractivity contribution in [3.05, 3.63) is 60.7 Å². The predicted molar refractivity (Wildman–Crippen MR) is 98.4 cm³/mol. The number of aromatic nitrogens is 3. The third kappa shape index (κ3) is 3.75. The first kappa shape index (κ1) is 16.7. The average molecular weight is 350 g/mol. The van der Waals surface area contributed by atoms with E-state index in [9.17, 15) is 4.79 Å². The summed E-state index contributed by atoms with van der Waals surface area (Å²) in [7, 11) is 0. The minimum atomic E-state index is 0.0699. The van der Waals surface area contributed by atoms with Crippen molar-refractivity contribution in [2.24, 2.45) is 0 Å². The third-order valence-corrected chi connectivity index (χ3v) is 4.76. The van der Waals surface area contributed by atoms with Gasteiger partial charge in [-0.2, -0.15) is 0 Å². The zero-order valence-corrected chi connectivity index (χ0v) is 14.6. The van der Waals surface area contributed by atoms with Gasteiger partial charge in [-0.1, -0.05) is 12.1 Å². The number of para-hydroxylation sites is 2. The van der Waals surface area contributed by atoms with E-state index in [1.165, 1.54) is 0 Å². The van der Waals surface area contributed by atoms with Gasteiger partial charge in [-0.3, -0.25) is 9.78 Å². The standard InChI is InChI=1S/C20H22N4O2/c25-20(14-24-15-22-18-5-1-2-6-19(18)24)23(13-17-4-3-11-26-17)12-16-7-9-21-10-8-16/h1-2,5-10,15,17H,3-4,11-14H2/t17-/m1/s1. The molecule has 0 spiro atoms. The Bertz CT molecular complexity index is 872. The van der Waals surface area contributed by atoms with Crippen molar-refractivity contribution in [1.29, 1.82) is 0 Å². The van der Waals surface area contributed by atoms with Gasteiger partial charge in [-0.25, -0.2) is 4.98 Å². The molecule has 0 N–H and O–H groups in total. The summed E-state index contributed by atoms with van der Waals surface area (Å²) in [6.45, 7) is 2.24. The molecular weight excluding hydrogens is 328 g/mol. The summed E-state index contributed by atoms with van der Waals surface area (Å²) in [5.41, 5.74) is 2.95. The van der Waals surface area contributed by atoms with Gasteiger partial charge < -0.3 is 14.2 Å². The quantitative estimate of drug-likeness (QED) is 0.686. The number of ether oxygens (including phenoxy) is 1. The fourth-order valence-electron chi connectivity index (χ4n) is 3.38. The van der Waals surface area contributed by atoms with Crippen molar-refractivity contribution in [1.82, 2.24) is 19.4 Å². The highest BCUT2D eigenvalue weighted by atomic mass is 16.5. The van der Waals surface area contributed by atoms with Gasteiger partial charge in [-0.15, -0.1) is 0 Å². The van der Waals surface area contributed by atoms with Crippen molar-refractivity contribution in [3.63, 3.8) is 0 Å². The van der Waals surface area contributed by atoms with Crippen LogP contribution in [0.3, 0.4) is 0 Å². The maximum atomic E-state index is 13.1. The Morgan fingerprint density at radius 2 is 2.08 bits per heavy atom. The summed E-state index contributed by atoms with van der Waals surface area (Å²) in [4.78, 5) is 23.4. The molecule has 1 aliphatic rings. The number of carbonyl (C=O) groups is 1. The van der Waals surface area contributed by atoms with Crippen LogP contribution in [0.15, 0.2) is 55.1 Å². The molecule has 3 heterocycles. The minimum Gasteiger partial charge on any atom is -0.376 e. The average Bonchev–Trinajstić information content (AvgIpc) is 3.32. The molecule has 134 valence electrons. The number of nitrogens with zero attached hydrogens (tertiary/aromatic N) is 4. The van der Waals surface area contributed by atoms with Crippen molar-refractivity contribution in [2.75, 3.05) is 13.2 Å². The zero-order chi connectivity index (χ0) is 17.8. The van der Waals surface area contributed by atoms with Crippen LogP contribution in [0.4, 0.5) is 0 Å². The van der Waals surface area contributed by atoms with Crippen molar-refractivity contribution >= 4 is 16.9 Å². The molecule has 0 unspecified atom stereocenters. The molecular formula is C20H22N4O2. The zero-order valence-electron chi connectivity index (χ0n) is 14.6. The number of hydrogen-bond donors (Lipinski definition) is 0. The van der Waals surface area contributed by atoms with E-state index >= 15 is 0 Å². The Hall–Kier alpha value is -2.73. The molecule has 0 aliphatic carbocycles. The molecule has 1 saturated heterocycles. The maximum absolute atomic E-state index is 13.1. The van der Waals surface area contributed by atoms with Crippen molar-refractivity contribution in [2.45, 2.75) is 32.0 Å². The van der Waals surface area contributed by atoms with E-state index in [1.807, 2.05) is 45.9 Å². The topological polar surface area (TPSA) is 60.2 Å². The monoisotopic (exact) mass is 350 g/mol. The van der Waals surface area contributed by atoms with Crippen LogP contribution >= 0.6 is 0 Å². The lowest BCUT2D eigenvalue weighted by Gasteiger charge is -2.26. The molecule has 1 fully saturated rings. The highest BCUT2D eigenvalue weighted by molar-refractivity contribution is 5.80. The van der Waals surface area contributed by atoms with E-state index in [0.717, 1.165) is 36.0 Å². The third-order valence-electron chi connectivity index (χ3n) is 4.76. The summed E-state index contributed by atoms with van der Waals surface area (Å²) in [6.07, 6.45) is 7.45. The molecule has 4 rings (SSSR count). The van der Waals surface area contributed by atoms with Gasteiger partial charge in [0.05, 0.1) is 23.5 Å². The summed E-state index contributed by atoms with van der Waals surface area (Å²) < 4.78 is 7.66. The Kier molecular flexibility index (Phi) is 4.93. The molecule has 0 saturated carbocycles. The highest BCUT2D eigenvalue weighted by Crippen LogP contribution is 2.17. The van der Waals surface area contributed by atoms with Crippen LogP contribution in [0.1, 0.15) is 18.4 Å². The van der Waals surface area contributed by atoms with E-state index in [1.54, 1.807) is 18.7 Å². The van der Waals surface area contributed by atoms with Crippen LogP contribution in [-0.4, -0.2) is 44.6 Å². The number of rotatable bonds is 6. The number of fused-ring (bicyclic) bond motifs is 1. The van der Waals surface area contributed by atoms with Gasteiger partial charge in [0.2, 0.25) is 5.91 Å². The first-order valence-electron chi connectivity index (χ1n) is 8.98. The maximum Gasteiger partial charge on any atom is 0.242 e. The van der Waals surface area contributed by atoms with Crippen LogP contribution in [0.5, 0.6) is 0 Å². The number of imidazole rings is 1. The Labute approximate surface area is 152 Å². The first-order chi connectivity index (χ1) is 12.8. The Balaban J connectivity index is 1.52. The fraction of sp³-hybridized carbons (Fsp3) is 0.350. The molecule has 1 atom stereocenters. The van der Waals surface area contributed by atoms with E-state index < -0.39 is 0 Å². The van der Waals surface area contributed by atoms with Gasteiger partial charge >= 0.3 is 0 Å². The minimum absolute atomic E-state index is 0.0699. The molecule has 0 bridgehead atoms. The largest absolute Gasteiger partial charge is 0.376 e. The van der Waals surface area contributed by atoms with Crippen LogP contribution < -0.4 is 0 Å². The number of benzene rings is 1. The van der Waals surface area contributed by atoms with E-state index in [2.05, 4.69) is 9.97 Å². The number of hydrogen-bond acceptors (Lipinski definition) is 4. The summed E-state index contributed by atoms with van der Waals surface area (Å²) in [5, 5.41) is 0. The molecule has 3 aromatic rings. The lowest BCUT2D eigenvalue weighted by atomic mass is 10.2.